The highest BCUT2D eigenvalue weighted by Gasteiger charge is 2.22. The largest absolute Gasteiger partial charge is 0.0981 e. The lowest BCUT2D eigenvalue weighted by Crippen LogP contribution is -2.28. The van der Waals surface area contributed by atoms with Gasteiger partial charge in [0.05, 0.1) is 8.07 Å². The van der Waals surface area contributed by atoms with E-state index in [1.165, 1.54) is 28.2 Å². The Bertz CT molecular complexity index is 372. The highest BCUT2D eigenvalue weighted by atomic mass is 79.9. The van der Waals surface area contributed by atoms with Crippen LogP contribution in [0.25, 0.3) is 0 Å². The van der Waals surface area contributed by atoms with Crippen molar-refractivity contribution in [3.8, 4) is 0 Å². The van der Waals surface area contributed by atoms with Crippen LogP contribution in [0.5, 0.6) is 0 Å². The van der Waals surface area contributed by atoms with E-state index in [0.29, 0.717) is 0 Å². The van der Waals surface area contributed by atoms with Crippen LogP contribution in [0.4, 0.5) is 0 Å². The molecule has 18 heavy (non-hydrogen) atoms. The topological polar surface area (TPSA) is 0 Å². The first kappa shape index (κ1) is 15.7. The lowest BCUT2D eigenvalue weighted by molar-refractivity contribution is 0.994. The smallest absolute Gasteiger partial charge is 0.0766 e. The molecule has 0 aliphatic heterocycles. The van der Waals surface area contributed by atoms with E-state index in [4.69, 9.17) is 0 Å². The number of hydrogen-bond donors (Lipinski definition) is 0. The molecule has 0 bridgehead atoms. The van der Waals surface area contributed by atoms with Crippen LogP contribution in [0.1, 0.15) is 32.8 Å². The molecule has 0 atom stereocenters. The van der Waals surface area contributed by atoms with E-state index in [2.05, 4.69) is 72.7 Å². The molecule has 0 saturated carbocycles. The Morgan fingerprint density at radius 2 is 1.67 bits per heavy atom. The van der Waals surface area contributed by atoms with Crippen molar-refractivity contribution >= 4 is 24.0 Å². The van der Waals surface area contributed by atoms with Crippen molar-refractivity contribution in [3.05, 3.63) is 46.1 Å². The Morgan fingerprint density at radius 1 is 1.06 bits per heavy atom. The summed E-state index contributed by atoms with van der Waals surface area (Å²) in [5, 5.41) is 0. The summed E-state index contributed by atoms with van der Waals surface area (Å²) in [4.78, 5) is 0. The number of aryl methyl sites for hydroxylation is 1. The minimum absolute atomic E-state index is 1.06. The molecule has 0 amide bonds. The summed E-state index contributed by atoms with van der Waals surface area (Å²) in [6.45, 7) is 7.08. The number of rotatable bonds is 7. The molecular formula is C16H25BrSi. The molecule has 0 radical (unpaired) electrons. The van der Waals surface area contributed by atoms with Crippen molar-refractivity contribution in [2.45, 2.75) is 51.7 Å². The van der Waals surface area contributed by atoms with Crippen LogP contribution in [-0.4, -0.2) is 8.07 Å². The van der Waals surface area contributed by atoms with Crippen LogP contribution in [0.3, 0.4) is 0 Å². The van der Waals surface area contributed by atoms with Crippen molar-refractivity contribution in [3.63, 3.8) is 0 Å². The molecule has 0 N–H and O–H groups in total. The molecule has 0 aliphatic rings. The third-order valence-electron chi connectivity index (χ3n) is 4.12. The average Bonchev–Trinajstić information content (AvgIpc) is 2.42. The number of hydrogen-bond acceptors (Lipinski definition) is 0. The Kier molecular flexibility index (Phi) is 6.94. The molecule has 0 nitrogen and oxygen atoms in total. The van der Waals surface area contributed by atoms with Gasteiger partial charge in [-0.2, -0.15) is 0 Å². The number of benzene rings is 1. The van der Waals surface area contributed by atoms with Gasteiger partial charge in [-0.05, 0) is 24.5 Å². The van der Waals surface area contributed by atoms with E-state index in [-0.39, 0.29) is 0 Å². The van der Waals surface area contributed by atoms with Gasteiger partial charge in [-0.25, -0.2) is 0 Å². The van der Waals surface area contributed by atoms with Gasteiger partial charge in [-0.15, -0.1) is 0 Å². The number of allylic oxidation sites excluding steroid dienone is 1. The van der Waals surface area contributed by atoms with E-state index in [1.54, 1.807) is 0 Å². The van der Waals surface area contributed by atoms with E-state index in [1.807, 2.05) is 0 Å². The minimum atomic E-state index is -1.06. The maximum absolute atomic E-state index is 3.61. The highest BCUT2D eigenvalue weighted by molar-refractivity contribution is 9.10. The summed E-state index contributed by atoms with van der Waals surface area (Å²) in [6, 6.07) is 12.7. The third-order valence-corrected chi connectivity index (χ3v) is 10.1. The molecule has 0 heterocycles. The number of halogens is 1. The lowest BCUT2D eigenvalue weighted by atomic mass is 10.1. The van der Waals surface area contributed by atoms with Gasteiger partial charge in [-0.1, -0.05) is 84.8 Å². The summed E-state index contributed by atoms with van der Waals surface area (Å²) in [5.74, 6) is 0. The summed E-state index contributed by atoms with van der Waals surface area (Å²) >= 11 is 3.61. The van der Waals surface area contributed by atoms with Crippen molar-refractivity contribution in [1.82, 2.24) is 0 Å². The van der Waals surface area contributed by atoms with Gasteiger partial charge in [0.2, 0.25) is 0 Å². The van der Waals surface area contributed by atoms with Gasteiger partial charge in [-0.3, -0.25) is 0 Å². The molecule has 1 aromatic carbocycles. The van der Waals surface area contributed by atoms with Crippen molar-refractivity contribution < 1.29 is 0 Å². The molecule has 1 aromatic rings. The zero-order chi connectivity index (χ0) is 13.4. The van der Waals surface area contributed by atoms with Gasteiger partial charge < -0.3 is 0 Å². The zero-order valence-electron chi connectivity index (χ0n) is 11.9. The second-order valence-corrected chi connectivity index (χ2v) is 11.0. The van der Waals surface area contributed by atoms with E-state index >= 15 is 0 Å². The standard InChI is InChI=1S/C16H25BrSi/c1-4-18(5-2,6-3)14-10-9-12-15-11-7-8-13-16(15)17/h7-8,10-11,13-14H,4-6,9,12H2,1-3H3/b14-10+. The molecule has 0 aliphatic carbocycles. The van der Waals surface area contributed by atoms with E-state index < -0.39 is 8.07 Å². The Labute approximate surface area is 122 Å². The van der Waals surface area contributed by atoms with E-state index in [9.17, 15) is 0 Å². The molecule has 1 rings (SSSR count). The zero-order valence-corrected chi connectivity index (χ0v) is 14.5. The second-order valence-electron chi connectivity index (χ2n) is 4.96. The first-order valence-electron chi connectivity index (χ1n) is 7.08. The molecule has 0 unspecified atom stereocenters. The van der Waals surface area contributed by atoms with E-state index in [0.717, 1.165) is 12.8 Å². The average molecular weight is 325 g/mol. The van der Waals surface area contributed by atoms with Crippen LogP contribution in [-0.2, 0) is 6.42 Å². The SMILES string of the molecule is CC[Si](/C=C/CCc1ccccc1Br)(CC)CC. The maximum atomic E-state index is 3.61. The molecule has 0 fully saturated rings. The van der Waals surface area contributed by atoms with Gasteiger partial charge in [0.1, 0.15) is 0 Å². The molecule has 0 saturated heterocycles. The van der Waals surface area contributed by atoms with Crippen LogP contribution in [0.2, 0.25) is 18.1 Å². The predicted molar refractivity (Wildman–Crippen MR) is 88.8 cm³/mol. The normalized spacial score (nSPS) is 12.2. The first-order chi connectivity index (χ1) is 8.67. The summed E-state index contributed by atoms with van der Waals surface area (Å²) in [6.07, 6.45) is 4.74. The maximum Gasteiger partial charge on any atom is 0.0766 e. The molecule has 2 heteroatoms. The predicted octanol–water partition coefficient (Wildman–Crippen LogP) is 5.99. The lowest BCUT2D eigenvalue weighted by Gasteiger charge is -2.23. The Hall–Kier alpha value is -0.343. The van der Waals surface area contributed by atoms with Crippen LogP contribution < -0.4 is 0 Å². The highest BCUT2D eigenvalue weighted by Crippen LogP contribution is 2.22. The quantitative estimate of drug-likeness (QED) is 0.541. The van der Waals surface area contributed by atoms with Gasteiger partial charge in [0, 0.05) is 4.47 Å². The van der Waals surface area contributed by atoms with Gasteiger partial charge in [0.25, 0.3) is 0 Å². The molecule has 100 valence electrons. The summed E-state index contributed by atoms with van der Waals surface area (Å²) < 4.78 is 1.24. The van der Waals surface area contributed by atoms with Crippen molar-refractivity contribution in [1.29, 1.82) is 0 Å². The van der Waals surface area contributed by atoms with Crippen LogP contribution in [0, 0.1) is 0 Å². The van der Waals surface area contributed by atoms with Crippen LogP contribution >= 0.6 is 15.9 Å². The Morgan fingerprint density at radius 3 is 2.22 bits per heavy atom. The summed E-state index contributed by atoms with van der Waals surface area (Å²) in [5.41, 5.74) is 4.00. The van der Waals surface area contributed by atoms with Crippen LogP contribution in [0.15, 0.2) is 40.5 Å². The second kappa shape index (κ2) is 7.95. The Balaban J connectivity index is 2.53. The third kappa shape index (κ3) is 4.40. The van der Waals surface area contributed by atoms with Crippen molar-refractivity contribution in [2.24, 2.45) is 0 Å². The fourth-order valence-electron chi connectivity index (χ4n) is 2.38. The first-order valence-corrected chi connectivity index (χ1v) is 10.6. The monoisotopic (exact) mass is 324 g/mol. The van der Waals surface area contributed by atoms with Gasteiger partial charge >= 0.3 is 0 Å². The van der Waals surface area contributed by atoms with Gasteiger partial charge in [0.15, 0.2) is 0 Å². The molecular weight excluding hydrogens is 300 g/mol. The molecule has 0 aromatic heterocycles. The minimum Gasteiger partial charge on any atom is -0.0981 e. The molecule has 0 spiro atoms. The fraction of sp³-hybridized carbons (Fsp3) is 0.500. The fourth-order valence-corrected chi connectivity index (χ4v) is 5.73. The summed E-state index contributed by atoms with van der Waals surface area (Å²) in [7, 11) is -1.06. The van der Waals surface area contributed by atoms with Crippen molar-refractivity contribution in [2.75, 3.05) is 0 Å².